The predicted molar refractivity (Wildman–Crippen MR) is 43.8 cm³/mol. The van der Waals surface area contributed by atoms with Crippen molar-refractivity contribution in [2.75, 3.05) is 5.75 Å². The third kappa shape index (κ3) is 1.97. The molecule has 2 aliphatic rings. The summed E-state index contributed by atoms with van der Waals surface area (Å²) < 4.78 is 33.0. The summed E-state index contributed by atoms with van der Waals surface area (Å²) in [5, 5.41) is 0. The molecule has 0 spiro atoms. The summed E-state index contributed by atoms with van der Waals surface area (Å²) in [6, 6.07) is 0. The van der Waals surface area contributed by atoms with E-state index in [2.05, 4.69) is 0 Å². The summed E-state index contributed by atoms with van der Waals surface area (Å²) in [4.78, 5) is 0. The van der Waals surface area contributed by atoms with Gasteiger partial charge >= 0.3 is 10.2 Å². The van der Waals surface area contributed by atoms with Gasteiger partial charge in [-0.1, -0.05) is 0 Å². The molecule has 3 atom stereocenters. The van der Waals surface area contributed by atoms with Crippen LogP contribution in [0.2, 0.25) is 0 Å². The predicted octanol–water partition coefficient (Wildman–Crippen LogP) is 1.72. The van der Waals surface area contributed by atoms with Crippen molar-refractivity contribution in [1.29, 1.82) is 0 Å². The summed E-state index contributed by atoms with van der Waals surface area (Å²) in [5.41, 5.74) is 0. The van der Waals surface area contributed by atoms with Crippen LogP contribution in [0.25, 0.3) is 0 Å². The van der Waals surface area contributed by atoms with Crippen LogP contribution in [-0.2, 0) is 10.2 Å². The molecular formula is C8H13FO2S. The van der Waals surface area contributed by atoms with Gasteiger partial charge in [0, 0.05) is 0 Å². The molecule has 2 aliphatic carbocycles. The Kier molecular flexibility index (Phi) is 1.90. The van der Waals surface area contributed by atoms with Crippen molar-refractivity contribution < 1.29 is 12.3 Å². The van der Waals surface area contributed by atoms with Crippen LogP contribution < -0.4 is 0 Å². The Hall–Kier alpha value is -0.120. The standard InChI is InChI=1S/C8H13FO2S/c9-12(10,11)5-6-1-2-7-4-8(7)3-6/h6-8H,1-5H2. The number of halogens is 1. The van der Waals surface area contributed by atoms with Gasteiger partial charge in [-0.05, 0) is 43.4 Å². The Labute approximate surface area is 72.4 Å². The van der Waals surface area contributed by atoms with Crippen LogP contribution in [0.3, 0.4) is 0 Å². The first kappa shape index (κ1) is 8.48. The van der Waals surface area contributed by atoms with E-state index in [1.807, 2.05) is 0 Å². The number of fused-ring (bicyclic) bond motifs is 1. The highest BCUT2D eigenvalue weighted by Crippen LogP contribution is 2.51. The lowest BCUT2D eigenvalue weighted by molar-refractivity contribution is 0.365. The summed E-state index contributed by atoms with van der Waals surface area (Å²) in [6.07, 6.45) is 4.21. The van der Waals surface area contributed by atoms with E-state index in [9.17, 15) is 12.3 Å². The molecule has 2 rings (SSSR count). The minimum absolute atomic E-state index is 0.101. The monoisotopic (exact) mass is 192 g/mol. The van der Waals surface area contributed by atoms with E-state index in [4.69, 9.17) is 0 Å². The van der Waals surface area contributed by atoms with E-state index in [-0.39, 0.29) is 11.7 Å². The molecule has 2 nitrogen and oxygen atoms in total. The molecule has 0 N–H and O–H groups in total. The van der Waals surface area contributed by atoms with Crippen molar-refractivity contribution in [3.8, 4) is 0 Å². The lowest BCUT2D eigenvalue weighted by Crippen LogP contribution is -2.16. The van der Waals surface area contributed by atoms with Crippen molar-refractivity contribution >= 4 is 10.2 Å². The maximum absolute atomic E-state index is 12.3. The molecule has 0 saturated heterocycles. The fourth-order valence-electron chi connectivity index (χ4n) is 2.38. The Morgan fingerprint density at radius 1 is 1.17 bits per heavy atom. The fraction of sp³-hybridized carbons (Fsp3) is 1.00. The van der Waals surface area contributed by atoms with E-state index in [1.54, 1.807) is 0 Å². The zero-order valence-electron chi connectivity index (χ0n) is 6.87. The molecule has 2 saturated carbocycles. The molecule has 70 valence electrons. The van der Waals surface area contributed by atoms with Gasteiger partial charge in [0.15, 0.2) is 0 Å². The largest absolute Gasteiger partial charge is 0.302 e. The second-order valence-electron chi connectivity index (χ2n) is 4.14. The molecule has 0 radical (unpaired) electrons. The highest BCUT2D eigenvalue weighted by molar-refractivity contribution is 7.86. The van der Waals surface area contributed by atoms with Gasteiger partial charge in [-0.25, -0.2) is 0 Å². The molecule has 0 amide bonds. The molecular weight excluding hydrogens is 179 g/mol. The zero-order chi connectivity index (χ0) is 8.77. The Balaban J connectivity index is 1.89. The number of hydrogen-bond acceptors (Lipinski definition) is 2. The second-order valence-corrected chi connectivity index (χ2v) is 5.55. The van der Waals surface area contributed by atoms with Gasteiger partial charge in [-0.2, -0.15) is 8.42 Å². The smallest absolute Gasteiger partial charge is 0.195 e. The molecule has 0 aliphatic heterocycles. The summed E-state index contributed by atoms with van der Waals surface area (Å²) in [5.74, 6) is 1.44. The van der Waals surface area contributed by atoms with E-state index < -0.39 is 10.2 Å². The summed E-state index contributed by atoms with van der Waals surface area (Å²) >= 11 is 0. The van der Waals surface area contributed by atoms with Gasteiger partial charge in [0.2, 0.25) is 0 Å². The topological polar surface area (TPSA) is 34.1 Å². The van der Waals surface area contributed by atoms with Gasteiger partial charge in [0.25, 0.3) is 0 Å². The number of hydrogen-bond donors (Lipinski definition) is 0. The van der Waals surface area contributed by atoms with Crippen LogP contribution in [0.1, 0.15) is 25.7 Å². The first-order chi connectivity index (χ1) is 5.54. The van der Waals surface area contributed by atoms with Gasteiger partial charge < -0.3 is 0 Å². The van der Waals surface area contributed by atoms with E-state index in [0.717, 1.165) is 31.1 Å². The highest BCUT2D eigenvalue weighted by Gasteiger charge is 2.42. The van der Waals surface area contributed by atoms with Crippen LogP contribution >= 0.6 is 0 Å². The average molecular weight is 192 g/mol. The Morgan fingerprint density at radius 3 is 2.50 bits per heavy atom. The minimum Gasteiger partial charge on any atom is -0.195 e. The van der Waals surface area contributed by atoms with Crippen LogP contribution in [-0.4, -0.2) is 14.2 Å². The zero-order valence-corrected chi connectivity index (χ0v) is 7.69. The Morgan fingerprint density at radius 2 is 1.92 bits per heavy atom. The van der Waals surface area contributed by atoms with Gasteiger partial charge in [0.1, 0.15) is 0 Å². The first-order valence-corrected chi connectivity index (χ1v) is 6.02. The first-order valence-electron chi connectivity index (χ1n) is 4.47. The second kappa shape index (κ2) is 2.69. The van der Waals surface area contributed by atoms with Gasteiger partial charge in [-0.15, -0.1) is 3.89 Å². The molecule has 0 aromatic rings. The van der Waals surface area contributed by atoms with Crippen molar-refractivity contribution in [3.63, 3.8) is 0 Å². The van der Waals surface area contributed by atoms with Crippen molar-refractivity contribution in [1.82, 2.24) is 0 Å². The molecule has 4 heteroatoms. The van der Waals surface area contributed by atoms with Crippen LogP contribution in [0.5, 0.6) is 0 Å². The molecule has 0 aromatic heterocycles. The van der Waals surface area contributed by atoms with E-state index in [0.29, 0.717) is 0 Å². The Bertz CT molecular complexity index is 273. The molecule has 0 bridgehead atoms. The van der Waals surface area contributed by atoms with Crippen molar-refractivity contribution in [2.45, 2.75) is 25.7 Å². The third-order valence-corrected chi connectivity index (χ3v) is 3.96. The van der Waals surface area contributed by atoms with Crippen LogP contribution in [0.15, 0.2) is 0 Å². The molecule has 12 heavy (non-hydrogen) atoms. The lowest BCUT2D eigenvalue weighted by atomic mass is 9.91. The molecule has 0 heterocycles. The third-order valence-electron chi connectivity index (χ3n) is 3.09. The molecule has 3 unspecified atom stereocenters. The van der Waals surface area contributed by atoms with Crippen LogP contribution in [0, 0.1) is 17.8 Å². The normalized spacial score (nSPS) is 40.6. The summed E-state index contributed by atoms with van der Waals surface area (Å²) in [7, 11) is -4.23. The van der Waals surface area contributed by atoms with Gasteiger partial charge in [0.05, 0.1) is 5.75 Å². The lowest BCUT2D eigenvalue weighted by Gasteiger charge is -2.18. The van der Waals surface area contributed by atoms with E-state index in [1.165, 1.54) is 6.42 Å². The average Bonchev–Trinajstić information content (AvgIpc) is 2.61. The van der Waals surface area contributed by atoms with Gasteiger partial charge in [-0.3, -0.25) is 0 Å². The fourth-order valence-corrected chi connectivity index (χ4v) is 3.25. The maximum atomic E-state index is 12.3. The maximum Gasteiger partial charge on any atom is 0.302 e. The summed E-state index contributed by atoms with van der Waals surface area (Å²) in [6.45, 7) is 0. The molecule has 2 fully saturated rings. The quantitative estimate of drug-likeness (QED) is 0.624. The van der Waals surface area contributed by atoms with E-state index >= 15 is 0 Å². The van der Waals surface area contributed by atoms with Crippen LogP contribution in [0.4, 0.5) is 3.89 Å². The minimum atomic E-state index is -4.23. The van der Waals surface area contributed by atoms with Crippen molar-refractivity contribution in [2.24, 2.45) is 17.8 Å². The van der Waals surface area contributed by atoms with Crippen molar-refractivity contribution in [3.05, 3.63) is 0 Å². The SMILES string of the molecule is O=S(=O)(F)CC1CCC2CC2C1. The number of rotatable bonds is 2. The molecule has 0 aromatic carbocycles. The highest BCUT2D eigenvalue weighted by atomic mass is 32.3.